The fourth-order valence-electron chi connectivity index (χ4n) is 4.19. The van der Waals surface area contributed by atoms with E-state index in [2.05, 4.69) is 16.6 Å². The van der Waals surface area contributed by atoms with E-state index in [4.69, 9.17) is 11.2 Å². The van der Waals surface area contributed by atoms with Gasteiger partial charge in [-0.25, -0.2) is 4.79 Å². The van der Waals surface area contributed by atoms with E-state index in [1.165, 1.54) is 4.90 Å². The maximum absolute atomic E-state index is 14.1. The van der Waals surface area contributed by atoms with E-state index in [0.717, 1.165) is 11.1 Å². The van der Waals surface area contributed by atoms with E-state index in [1.807, 2.05) is 59.7 Å². The summed E-state index contributed by atoms with van der Waals surface area (Å²) in [5.41, 5.74) is 3.07. The van der Waals surface area contributed by atoms with Crippen molar-refractivity contribution >= 4 is 23.6 Å². The smallest absolute Gasteiger partial charge is 0.408 e. The highest BCUT2D eigenvalue weighted by atomic mass is 16.6. The van der Waals surface area contributed by atoms with Gasteiger partial charge in [-0.3, -0.25) is 9.59 Å². The second kappa shape index (κ2) is 12.6. The van der Waals surface area contributed by atoms with Crippen LogP contribution in [-0.2, 0) is 14.3 Å². The normalized spacial score (nSPS) is 12.9. The molecule has 2 N–H and O–H groups in total. The quantitative estimate of drug-likeness (QED) is 0.435. The molecular formula is C31H41N3O4. The Balaban J connectivity index is 2.57. The highest BCUT2D eigenvalue weighted by Gasteiger charge is 2.39. The molecule has 0 saturated heterocycles. The topological polar surface area (TPSA) is 87.7 Å². The third-order valence-electron chi connectivity index (χ3n) is 6.06. The van der Waals surface area contributed by atoms with Crippen LogP contribution in [0.1, 0.15) is 76.8 Å². The molecule has 0 aromatic heterocycles. The number of carbonyl (C=O) groups excluding carboxylic acids is 3. The molecule has 0 radical (unpaired) electrons. The molecule has 38 heavy (non-hydrogen) atoms. The maximum Gasteiger partial charge on any atom is 0.408 e. The highest BCUT2D eigenvalue weighted by molar-refractivity contribution is 6.00. The number of ether oxygens (including phenoxy) is 1. The first kappa shape index (κ1) is 30.4. The van der Waals surface area contributed by atoms with E-state index in [9.17, 15) is 14.4 Å². The molecule has 7 nitrogen and oxygen atoms in total. The van der Waals surface area contributed by atoms with Gasteiger partial charge in [-0.1, -0.05) is 50.1 Å². The van der Waals surface area contributed by atoms with E-state index in [-0.39, 0.29) is 23.8 Å². The number of alkyl carbamates (subject to hydrolysis) is 1. The lowest BCUT2D eigenvalue weighted by atomic mass is 9.96. The minimum atomic E-state index is -0.977. The van der Waals surface area contributed by atoms with Crippen molar-refractivity contribution in [2.24, 2.45) is 5.92 Å². The van der Waals surface area contributed by atoms with Crippen molar-refractivity contribution in [2.45, 2.75) is 86.0 Å². The fraction of sp³-hybridized carbons (Fsp3) is 0.452. The molecule has 2 rings (SSSR count). The Kier molecular flexibility index (Phi) is 10.1. The number of rotatable bonds is 8. The van der Waals surface area contributed by atoms with Gasteiger partial charge < -0.3 is 20.3 Å². The molecule has 3 amide bonds. The number of anilines is 1. The van der Waals surface area contributed by atoms with Crippen LogP contribution in [0, 0.1) is 32.1 Å². The van der Waals surface area contributed by atoms with Crippen LogP contribution in [0.25, 0.3) is 0 Å². The summed E-state index contributed by atoms with van der Waals surface area (Å²) >= 11 is 0. The van der Waals surface area contributed by atoms with Crippen molar-refractivity contribution < 1.29 is 19.1 Å². The van der Waals surface area contributed by atoms with Gasteiger partial charge in [0, 0.05) is 17.3 Å². The van der Waals surface area contributed by atoms with E-state index < -0.39 is 23.8 Å². The van der Waals surface area contributed by atoms with Gasteiger partial charge in [-0.2, -0.15) is 0 Å². The minimum absolute atomic E-state index is 0.262. The predicted octanol–water partition coefficient (Wildman–Crippen LogP) is 5.75. The molecular weight excluding hydrogens is 478 g/mol. The second-order valence-corrected chi connectivity index (χ2v) is 11.1. The average molecular weight is 520 g/mol. The summed E-state index contributed by atoms with van der Waals surface area (Å²) in [6.07, 6.45) is 4.85. The van der Waals surface area contributed by atoms with Crippen LogP contribution in [-0.4, -0.2) is 40.5 Å². The Bertz CT molecular complexity index is 1170. The lowest BCUT2D eigenvalue weighted by Gasteiger charge is -2.38. The number of hydrogen-bond donors (Lipinski definition) is 2. The molecule has 0 saturated carbocycles. The van der Waals surface area contributed by atoms with E-state index in [0.29, 0.717) is 16.8 Å². The van der Waals surface area contributed by atoms with Crippen LogP contribution < -0.4 is 10.6 Å². The molecule has 204 valence electrons. The summed E-state index contributed by atoms with van der Waals surface area (Å²) in [6, 6.07) is 10.5. The maximum atomic E-state index is 14.1. The number of para-hydroxylation sites is 1. The molecule has 7 heteroatoms. The molecule has 0 aliphatic heterocycles. The molecule has 0 fully saturated rings. The Morgan fingerprint density at radius 3 is 1.95 bits per heavy atom. The van der Waals surface area contributed by atoms with Crippen molar-refractivity contribution in [3.05, 3.63) is 64.7 Å². The van der Waals surface area contributed by atoms with Gasteiger partial charge in [-0.05, 0) is 83.2 Å². The van der Waals surface area contributed by atoms with Gasteiger partial charge in [0.2, 0.25) is 5.91 Å². The van der Waals surface area contributed by atoms with Gasteiger partial charge in [0.1, 0.15) is 17.7 Å². The molecule has 0 heterocycles. The monoisotopic (exact) mass is 519 g/mol. The zero-order valence-electron chi connectivity index (χ0n) is 24.0. The summed E-state index contributed by atoms with van der Waals surface area (Å²) in [5.74, 6) is 1.57. The Morgan fingerprint density at radius 1 is 0.947 bits per heavy atom. The zero-order chi connectivity index (χ0) is 28.8. The lowest BCUT2D eigenvalue weighted by molar-refractivity contribution is -0.143. The summed E-state index contributed by atoms with van der Waals surface area (Å²) in [7, 11) is 0. The number of nitrogens with zero attached hydrogens (tertiary/aromatic N) is 1. The van der Waals surface area contributed by atoms with Crippen molar-refractivity contribution in [2.75, 3.05) is 5.32 Å². The Hall–Kier alpha value is -3.79. The number of hydrogen-bond acceptors (Lipinski definition) is 4. The summed E-state index contributed by atoms with van der Waals surface area (Å²) in [4.78, 5) is 42.2. The Labute approximate surface area is 227 Å². The number of terminal acetylenes is 1. The van der Waals surface area contributed by atoms with Crippen molar-refractivity contribution in [3.63, 3.8) is 0 Å². The molecule has 2 atom stereocenters. The van der Waals surface area contributed by atoms with Crippen LogP contribution >= 0.6 is 0 Å². The predicted molar refractivity (Wildman–Crippen MR) is 152 cm³/mol. The number of benzene rings is 2. The number of aryl methyl sites for hydroxylation is 2. The van der Waals surface area contributed by atoms with Gasteiger partial charge in [0.15, 0.2) is 0 Å². The van der Waals surface area contributed by atoms with Crippen molar-refractivity contribution in [1.29, 1.82) is 0 Å². The number of amides is 3. The number of nitrogens with one attached hydrogen (secondary N) is 2. The third kappa shape index (κ3) is 7.85. The first-order chi connectivity index (χ1) is 17.7. The second-order valence-electron chi connectivity index (χ2n) is 11.1. The largest absolute Gasteiger partial charge is 0.444 e. The fourth-order valence-corrected chi connectivity index (χ4v) is 4.19. The molecule has 2 unspecified atom stereocenters. The van der Waals surface area contributed by atoms with Gasteiger partial charge in [0.25, 0.3) is 5.91 Å². The molecule has 2 aromatic carbocycles. The standard InChI is InChI=1S/C31H41N3O4/c1-11-23-15-17-24(18-16-23)27(28(35)32-26-21(6)13-12-14-22(26)7)34(20(4)5)29(36)25(19(2)3)33-30(37)38-31(8,9)10/h1,12-20,25,27H,2-10H3,(H,32,35)(H,33,37). The molecule has 0 spiro atoms. The summed E-state index contributed by atoms with van der Waals surface area (Å²) in [6.45, 7) is 16.5. The third-order valence-corrected chi connectivity index (χ3v) is 6.06. The summed E-state index contributed by atoms with van der Waals surface area (Å²) < 4.78 is 5.41. The van der Waals surface area contributed by atoms with Crippen LogP contribution in [0.2, 0.25) is 0 Å². The van der Waals surface area contributed by atoms with Crippen LogP contribution in [0.5, 0.6) is 0 Å². The van der Waals surface area contributed by atoms with Gasteiger partial charge >= 0.3 is 6.09 Å². The zero-order valence-corrected chi connectivity index (χ0v) is 24.0. The Morgan fingerprint density at radius 2 is 1.50 bits per heavy atom. The first-order valence-electron chi connectivity index (χ1n) is 12.9. The molecule has 2 aromatic rings. The minimum Gasteiger partial charge on any atom is -0.444 e. The first-order valence-corrected chi connectivity index (χ1v) is 12.9. The van der Waals surface area contributed by atoms with Gasteiger partial charge in [-0.15, -0.1) is 6.42 Å². The van der Waals surface area contributed by atoms with E-state index >= 15 is 0 Å². The van der Waals surface area contributed by atoms with Crippen LogP contribution in [0.15, 0.2) is 42.5 Å². The molecule has 0 bridgehead atoms. The highest BCUT2D eigenvalue weighted by Crippen LogP contribution is 2.29. The molecule has 0 aliphatic rings. The lowest BCUT2D eigenvalue weighted by Crippen LogP contribution is -2.56. The van der Waals surface area contributed by atoms with Crippen LogP contribution in [0.4, 0.5) is 10.5 Å². The van der Waals surface area contributed by atoms with Gasteiger partial charge in [0.05, 0.1) is 0 Å². The summed E-state index contributed by atoms with van der Waals surface area (Å²) in [5, 5.41) is 5.78. The van der Waals surface area contributed by atoms with Crippen molar-refractivity contribution in [3.8, 4) is 12.3 Å². The van der Waals surface area contributed by atoms with Crippen LogP contribution in [0.3, 0.4) is 0 Å². The number of carbonyl (C=O) groups is 3. The SMILES string of the molecule is C#Cc1ccc(C(C(=O)Nc2c(C)cccc2C)N(C(=O)C(NC(=O)OC(C)(C)C)C(C)C)C(C)C)cc1. The van der Waals surface area contributed by atoms with E-state index in [1.54, 1.807) is 45.0 Å². The molecule has 0 aliphatic carbocycles. The average Bonchev–Trinajstić information content (AvgIpc) is 2.81. The van der Waals surface area contributed by atoms with Crippen molar-refractivity contribution in [1.82, 2.24) is 10.2 Å².